The average molecular weight is 456 g/mol. The molecule has 2 amide bonds. The van der Waals surface area contributed by atoms with E-state index < -0.39 is 41.0 Å². The number of esters is 1. The molecule has 3 atom stereocenters. The number of ether oxygens (including phenoxy) is 2. The van der Waals surface area contributed by atoms with Gasteiger partial charge in [0.05, 0.1) is 7.11 Å². The summed E-state index contributed by atoms with van der Waals surface area (Å²) in [5, 5.41) is 2.35. The number of hydrogen-bond donors (Lipinski definition) is 1. The second-order valence-corrected chi connectivity index (χ2v) is 9.84. The molecule has 0 bridgehead atoms. The number of amides is 2. The molecule has 166 valence electrons. The summed E-state index contributed by atoms with van der Waals surface area (Å²) in [5.41, 5.74) is 0.0909. The highest BCUT2D eigenvalue weighted by molar-refractivity contribution is 7.99. The lowest BCUT2D eigenvalue weighted by Gasteiger charge is -2.31. The van der Waals surface area contributed by atoms with Gasteiger partial charge in [0.1, 0.15) is 23.1 Å². The van der Waals surface area contributed by atoms with Crippen LogP contribution in [0, 0.1) is 0 Å². The number of hydrogen-bond acceptors (Lipinski definition) is 8. The molecule has 1 aliphatic heterocycles. The first-order valence-electron chi connectivity index (χ1n) is 9.58. The van der Waals surface area contributed by atoms with Crippen LogP contribution in [0.1, 0.15) is 38.1 Å². The fourth-order valence-corrected chi connectivity index (χ4v) is 4.79. The summed E-state index contributed by atoms with van der Waals surface area (Å²) < 4.78 is 10.4. The minimum atomic E-state index is -0.781. The van der Waals surface area contributed by atoms with Gasteiger partial charge < -0.3 is 14.8 Å². The number of pyridine rings is 1. The number of aromatic nitrogens is 1. The lowest BCUT2D eigenvalue weighted by atomic mass is 10.1. The molecule has 2 rings (SSSR count). The highest BCUT2D eigenvalue weighted by Gasteiger charge is 2.45. The summed E-state index contributed by atoms with van der Waals surface area (Å²) in [6, 6.07) is 2.10. The van der Waals surface area contributed by atoms with Crippen molar-refractivity contribution in [2.75, 3.05) is 24.9 Å². The monoisotopic (exact) mass is 455 g/mol. The minimum Gasteiger partial charge on any atom is -0.467 e. The second kappa shape index (κ2) is 10.9. The van der Waals surface area contributed by atoms with Gasteiger partial charge in [0.15, 0.2) is 0 Å². The summed E-state index contributed by atoms with van der Waals surface area (Å²) in [6.45, 7) is 5.33. The molecule has 1 fully saturated rings. The van der Waals surface area contributed by atoms with Crippen LogP contribution in [0.15, 0.2) is 24.5 Å². The molecule has 0 aliphatic carbocycles. The van der Waals surface area contributed by atoms with Gasteiger partial charge in [-0.05, 0) is 45.3 Å². The summed E-state index contributed by atoms with van der Waals surface area (Å²) in [7, 11) is 1.29. The lowest BCUT2D eigenvalue weighted by molar-refractivity contribution is -0.145. The van der Waals surface area contributed by atoms with Crippen LogP contribution in [-0.2, 0) is 19.1 Å². The van der Waals surface area contributed by atoms with Crippen LogP contribution >= 0.6 is 23.5 Å². The number of methoxy groups -OCH3 is 1. The lowest BCUT2D eigenvalue weighted by Crippen LogP contribution is -2.53. The standard InChI is InChI=1S/C20H29N3O5S2/c1-20(2,3)28-19(26)23-15(12-30-17(23)13-7-6-9-21-11-13)16(24)22-14(8-10-29-5)18(25)27-4/h6-7,9,11,14-15,17H,8,10,12H2,1-5H3,(H,22,24)/t14-,15?,17?/m0/s1. The Hall–Kier alpha value is -1.94. The van der Waals surface area contributed by atoms with E-state index >= 15 is 0 Å². The maximum atomic E-state index is 13.1. The zero-order chi connectivity index (χ0) is 22.3. The van der Waals surface area contributed by atoms with Crippen molar-refractivity contribution < 1.29 is 23.9 Å². The molecule has 0 aromatic carbocycles. The maximum Gasteiger partial charge on any atom is 0.412 e. The molecule has 1 aromatic heterocycles. The van der Waals surface area contributed by atoms with Crippen LogP contribution in [0.5, 0.6) is 0 Å². The van der Waals surface area contributed by atoms with Crippen molar-refractivity contribution in [1.29, 1.82) is 0 Å². The van der Waals surface area contributed by atoms with Crippen molar-refractivity contribution in [1.82, 2.24) is 15.2 Å². The van der Waals surface area contributed by atoms with E-state index in [0.29, 0.717) is 17.9 Å². The number of nitrogens with one attached hydrogen (secondary N) is 1. The first kappa shape index (κ1) is 24.3. The molecule has 2 unspecified atom stereocenters. The first-order valence-corrected chi connectivity index (χ1v) is 12.0. The zero-order valence-electron chi connectivity index (χ0n) is 17.9. The molecule has 0 saturated carbocycles. The summed E-state index contributed by atoms with van der Waals surface area (Å²) >= 11 is 3.03. The average Bonchev–Trinajstić information content (AvgIpc) is 3.15. The third-order valence-corrected chi connectivity index (χ3v) is 6.26. The summed E-state index contributed by atoms with van der Waals surface area (Å²) in [4.78, 5) is 43.8. The molecule has 8 nitrogen and oxygen atoms in total. The third-order valence-electron chi connectivity index (χ3n) is 4.29. The molecule has 10 heteroatoms. The Bertz CT molecular complexity index is 742. The summed E-state index contributed by atoms with van der Waals surface area (Å²) in [6.07, 6.45) is 5.10. The Morgan fingerprint density at radius 1 is 1.40 bits per heavy atom. The SMILES string of the molecule is COC(=O)[C@H](CCSC)NC(=O)C1CSC(c2cccnc2)N1C(=O)OC(C)(C)C. The molecular weight excluding hydrogens is 426 g/mol. The van der Waals surface area contributed by atoms with E-state index in [4.69, 9.17) is 9.47 Å². The molecule has 1 aliphatic rings. The van der Waals surface area contributed by atoms with Crippen molar-refractivity contribution in [2.45, 2.75) is 50.3 Å². The molecule has 1 saturated heterocycles. The van der Waals surface area contributed by atoms with Crippen molar-refractivity contribution >= 4 is 41.5 Å². The molecule has 1 aromatic rings. The van der Waals surface area contributed by atoms with E-state index in [2.05, 4.69) is 10.3 Å². The molecule has 1 N–H and O–H groups in total. The van der Waals surface area contributed by atoms with E-state index in [9.17, 15) is 14.4 Å². The van der Waals surface area contributed by atoms with Crippen LogP contribution in [0.3, 0.4) is 0 Å². The Morgan fingerprint density at radius 3 is 2.70 bits per heavy atom. The van der Waals surface area contributed by atoms with Gasteiger partial charge in [0, 0.05) is 23.7 Å². The normalized spacial score (nSPS) is 19.8. The Labute approximate surface area is 185 Å². The highest BCUT2D eigenvalue weighted by Crippen LogP contribution is 2.42. The smallest absolute Gasteiger partial charge is 0.412 e. The molecule has 30 heavy (non-hydrogen) atoms. The molecular formula is C20H29N3O5S2. The first-order chi connectivity index (χ1) is 14.2. The third kappa shape index (κ3) is 6.53. The Kier molecular flexibility index (Phi) is 8.84. The fourth-order valence-electron chi connectivity index (χ4n) is 2.92. The van der Waals surface area contributed by atoms with Crippen LogP contribution in [0.25, 0.3) is 0 Å². The van der Waals surface area contributed by atoms with E-state index in [1.807, 2.05) is 12.3 Å². The quantitative estimate of drug-likeness (QED) is 0.627. The molecule has 2 heterocycles. The number of thioether (sulfide) groups is 2. The number of nitrogens with zero attached hydrogens (tertiary/aromatic N) is 2. The molecule has 0 spiro atoms. The second-order valence-electron chi connectivity index (χ2n) is 7.74. The maximum absolute atomic E-state index is 13.1. The zero-order valence-corrected chi connectivity index (χ0v) is 19.5. The van der Waals surface area contributed by atoms with Gasteiger partial charge in [-0.1, -0.05) is 6.07 Å². The van der Waals surface area contributed by atoms with Crippen molar-refractivity contribution in [3.8, 4) is 0 Å². The van der Waals surface area contributed by atoms with Gasteiger partial charge in [0.25, 0.3) is 0 Å². The minimum absolute atomic E-state index is 0.376. The highest BCUT2D eigenvalue weighted by atomic mass is 32.2. The van der Waals surface area contributed by atoms with E-state index in [-0.39, 0.29) is 0 Å². The van der Waals surface area contributed by atoms with Gasteiger partial charge in [0.2, 0.25) is 5.91 Å². The van der Waals surface area contributed by atoms with Gasteiger partial charge in [-0.3, -0.25) is 14.7 Å². The summed E-state index contributed by atoms with van der Waals surface area (Å²) in [5.74, 6) is 0.154. The largest absolute Gasteiger partial charge is 0.467 e. The predicted molar refractivity (Wildman–Crippen MR) is 118 cm³/mol. The number of carbonyl (C=O) groups excluding carboxylic acids is 3. The van der Waals surface area contributed by atoms with Crippen molar-refractivity contribution in [3.05, 3.63) is 30.1 Å². The van der Waals surface area contributed by atoms with Crippen molar-refractivity contribution in [3.63, 3.8) is 0 Å². The van der Waals surface area contributed by atoms with Gasteiger partial charge in [-0.25, -0.2) is 9.59 Å². The van der Waals surface area contributed by atoms with Crippen LogP contribution in [0.4, 0.5) is 4.79 Å². The van der Waals surface area contributed by atoms with Crippen LogP contribution in [-0.4, -0.2) is 70.4 Å². The van der Waals surface area contributed by atoms with E-state index in [1.54, 1.807) is 51.0 Å². The predicted octanol–water partition coefficient (Wildman–Crippen LogP) is 2.84. The van der Waals surface area contributed by atoms with Gasteiger partial charge >= 0.3 is 12.1 Å². The number of carbonyl (C=O) groups is 3. The fraction of sp³-hybridized carbons (Fsp3) is 0.600. The Morgan fingerprint density at radius 2 is 2.13 bits per heavy atom. The Balaban J connectivity index is 2.25. The van der Waals surface area contributed by atoms with E-state index in [1.165, 1.54) is 23.8 Å². The topological polar surface area (TPSA) is 97.8 Å². The van der Waals surface area contributed by atoms with Crippen molar-refractivity contribution in [2.24, 2.45) is 0 Å². The molecule has 0 radical (unpaired) electrons. The number of rotatable bonds is 7. The van der Waals surface area contributed by atoms with Gasteiger partial charge in [-0.2, -0.15) is 11.8 Å². The van der Waals surface area contributed by atoms with E-state index in [0.717, 1.165) is 5.56 Å². The van der Waals surface area contributed by atoms with Crippen LogP contribution in [0.2, 0.25) is 0 Å². The van der Waals surface area contributed by atoms with Crippen LogP contribution < -0.4 is 5.32 Å². The van der Waals surface area contributed by atoms with Gasteiger partial charge in [-0.15, -0.1) is 11.8 Å².